The molecule has 224 valence electrons. The van der Waals surface area contributed by atoms with Gasteiger partial charge in [0.15, 0.2) is 0 Å². The molecular formula is C34H37N3O5S. The van der Waals surface area contributed by atoms with Crippen molar-refractivity contribution in [3.05, 3.63) is 126 Å². The molecule has 0 fully saturated rings. The van der Waals surface area contributed by atoms with E-state index in [4.69, 9.17) is 4.74 Å². The first-order valence-corrected chi connectivity index (χ1v) is 15.9. The predicted molar refractivity (Wildman–Crippen MR) is 169 cm³/mol. The number of carbonyl (C=O) groups excluding carboxylic acids is 2. The number of carbonyl (C=O) groups is 2. The molecule has 4 aromatic carbocycles. The lowest BCUT2D eigenvalue weighted by Crippen LogP contribution is -2.54. The predicted octanol–water partition coefficient (Wildman–Crippen LogP) is 5.41. The van der Waals surface area contributed by atoms with Crippen LogP contribution < -0.4 is 14.4 Å². The summed E-state index contributed by atoms with van der Waals surface area (Å²) in [5, 5.41) is 2.95. The second-order valence-electron chi connectivity index (χ2n) is 10.6. The van der Waals surface area contributed by atoms with Crippen LogP contribution in [0.4, 0.5) is 5.69 Å². The van der Waals surface area contributed by atoms with Gasteiger partial charge < -0.3 is 15.0 Å². The minimum atomic E-state index is -3.87. The Kier molecular flexibility index (Phi) is 10.6. The zero-order valence-corrected chi connectivity index (χ0v) is 25.4. The number of para-hydroxylation sites is 1. The normalized spacial score (nSPS) is 11.9. The zero-order valence-electron chi connectivity index (χ0n) is 24.6. The van der Waals surface area contributed by atoms with Crippen molar-refractivity contribution in [1.82, 2.24) is 10.2 Å². The topological polar surface area (TPSA) is 96.0 Å². The fraction of sp³-hybridized carbons (Fsp3) is 0.235. The molecule has 0 aliphatic rings. The molecule has 4 aromatic rings. The third-order valence-electron chi connectivity index (χ3n) is 6.68. The quantitative estimate of drug-likeness (QED) is 0.222. The molecule has 1 atom stereocenters. The van der Waals surface area contributed by atoms with Crippen LogP contribution in [0.1, 0.15) is 25.0 Å². The van der Waals surface area contributed by atoms with Crippen LogP contribution in [-0.2, 0) is 32.6 Å². The van der Waals surface area contributed by atoms with Gasteiger partial charge in [0.1, 0.15) is 24.1 Å². The molecule has 0 aliphatic carbocycles. The monoisotopic (exact) mass is 599 g/mol. The van der Waals surface area contributed by atoms with E-state index in [-0.39, 0.29) is 24.9 Å². The van der Waals surface area contributed by atoms with E-state index in [2.05, 4.69) is 5.32 Å². The van der Waals surface area contributed by atoms with E-state index in [1.54, 1.807) is 24.3 Å². The summed E-state index contributed by atoms with van der Waals surface area (Å²) in [6.07, 6.45) is 1.32. The maximum atomic E-state index is 14.1. The van der Waals surface area contributed by atoms with Crippen molar-refractivity contribution in [2.24, 2.45) is 0 Å². The third kappa shape index (κ3) is 9.18. The number of hydrogen-bond donors (Lipinski definition) is 1. The highest BCUT2D eigenvalue weighted by molar-refractivity contribution is 7.92. The number of rotatable bonds is 13. The van der Waals surface area contributed by atoms with Gasteiger partial charge in [-0.15, -0.1) is 0 Å². The smallest absolute Gasteiger partial charge is 0.244 e. The molecule has 9 heteroatoms. The largest absolute Gasteiger partial charge is 0.457 e. The summed E-state index contributed by atoms with van der Waals surface area (Å²) in [6, 6.07) is 33.5. The van der Waals surface area contributed by atoms with Crippen LogP contribution in [0.5, 0.6) is 11.5 Å². The van der Waals surface area contributed by atoms with Gasteiger partial charge in [-0.05, 0) is 61.4 Å². The Bertz CT molecular complexity index is 1580. The number of nitrogens with one attached hydrogen (secondary N) is 1. The highest BCUT2D eigenvalue weighted by Crippen LogP contribution is 2.26. The average Bonchev–Trinajstić information content (AvgIpc) is 2.99. The first kappa shape index (κ1) is 31.3. The Labute approximate surface area is 254 Å². The Hall–Kier alpha value is -4.63. The molecule has 4 rings (SSSR count). The maximum Gasteiger partial charge on any atom is 0.244 e. The summed E-state index contributed by atoms with van der Waals surface area (Å²) in [5.74, 6) is 0.356. The van der Waals surface area contributed by atoms with Gasteiger partial charge in [0.25, 0.3) is 0 Å². The fourth-order valence-corrected chi connectivity index (χ4v) is 5.48. The molecule has 0 bridgehead atoms. The van der Waals surface area contributed by atoms with Crippen molar-refractivity contribution < 1.29 is 22.7 Å². The second kappa shape index (κ2) is 14.5. The average molecular weight is 600 g/mol. The number of hydrogen-bond acceptors (Lipinski definition) is 5. The summed E-state index contributed by atoms with van der Waals surface area (Å²) >= 11 is 0. The summed E-state index contributed by atoms with van der Waals surface area (Å²) in [7, 11) is -3.87. The molecule has 0 saturated carbocycles. The fourth-order valence-electron chi connectivity index (χ4n) is 4.63. The highest BCUT2D eigenvalue weighted by atomic mass is 32.2. The number of benzene rings is 4. The zero-order chi connectivity index (χ0) is 30.8. The maximum absolute atomic E-state index is 14.1. The lowest BCUT2D eigenvalue weighted by Gasteiger charge is -2.34. The SMILES string of the molecule is CC(C)NC(=O)[C@H](Cc1ccccc1)N(Cc1ccccc1)C(=O)CN(c1ccc(Oc2ccccc2)cc1)S(C)(=O)=O. The van der Waals surface area contributed by atoms with Crippen molar-refractivity contribution in [3.8, 4) is 11.5 Å². The lowest BCUT2D eigenvalue weighted by atomic mass is 10.0. The van der Waals surface area contributed by atoms with Crippen molar-refractivity contribution >= 4 is 27.5 Å². The molecule has 0 spiro atoms. The number of amides is 2. The van der Waals surface area contributed by atoms with Gasteiger partial charge in [-0.25, -0.2) is 8.42 Å². The van der Waals surface area contributed by atoms with Gasteiger partial charge in [0.05, 0.1) is 11.9 Å². The molecular weight excluding hydrogens is 562 g/mol. The van der Waals surface area contributed by atoms with E-state index in [9.17, 15) is 18.0 Å². The Balaban J connectivity index is 1.66. The van der Waals surface area contributed by atoms with Gasteiger partial charge in [-0.3, -0.25) is 13.9 Å². The van der Waals surface area contributed by atoms with Crippen molar-refractivity contribution in [1.29, 1.82) is 0 Å². The van der Waals surface area contributed by atoms with Crippen LogP contribution in [-0.4, -0.2) is 50.0 Å². The van der Waals surface area contributed by atoms with Gasteiger partial charge in [0.2, 0.25) is 21.8 Å². The molecule has 0 unspecified atom stereocenters. The molecule has 0 radical (unpaired) electrons. The van der Waals surface area contributed by atoms with Crippen molar-refractivity contribution in [2.75, 3.05) is 17.1 Å². The summed E-state index contributed by atoms with van der Waals surface area (Å²) < 4.78 is 32.9. The second-order valence-corrected chi connectivity index (χ2v) is 12.5. The molecule has 0 aliphatic heterocycles. The first-order chi connectivity index (χ1) is 20.6. The Morgan fingerprint density at radius 3 is 1.79 bits per heavy atom. The van der Waals surface area contributed by atoms with E-state index in [0.29, 0.717) is 17.2 Å². The van der Waals surface area contributed by atoms with Crippen LogP contribution in [0.3, 0.4) is 0 Å². The standard InChI is InChI=1S/C34H37N3O5S/c1-26(2)35-34(39)32(23-27-13-7-4-8-14-27)36(24-28-15-9-5-10-16-28)33(38)25-37(43(3,40)41)29-19-21-31(22-20-29)42-30-17-11-6-12-18-30/h4-22,26,32H,23-25H2,1-3H3,(H,35,39)/t32-/m0/s1. The molecule has 1 N–H and O–H groups in total. The molecule has 0 heterocycles. The van der Waals surface area contributed by atoms with Gasteiger partial charge in [-0.2, -0.15) is 0 Å². The van der Waals surface area contributed by atoms with Crippen LogP contribution >= 0.6 is 0 Å². The van der Waals surface area contributed by atoms with E-state index in [0.717, 1.165) is 21.7 Å². The molecule has 43 heavy (non-hydrogen) atoms. The van der Waals surface area contributed by atoms with Crippen LogP contribution in [0.2, 0.25) is 0 Å². The Morgan fingerprint density at radius 2 is 1.26 bits per heavy atom. The molecule has 8 nitrogen and oxygen atoms in total. The number of sulfonamides is 1. The number of ether oxygens (including phenoxy) is 1. The number of nitrogens with zero attached hydrogens (tertiary/aromatic N) is 2. The summed E-state index contributed by atoms with van der Waals surface area (Å²) in [5.41, 5.74) is 2.01. The third-order valence-corrected chi connectivity index (χ3v) is 7.82. The van der Waals surface area contributed by atoms with Crippen molar-refractivity contribution in [2.45, 2.75) is 38.9 Å². The van der Waals surface area contributed by atoms with Crippen molar-refractivity contribution in [3.63, 3.8) is 0 Å². The number of anilines is 1. The summed E-state index contributed by atoms with van der Waals surface area (Å²) in [4.78, 5) is 29.2. The highest BCUT2D eigenvalue weighted by Gasteiger charge is 2.33. The van der Waals surface area contributed by atoms with Gasteiger partial charge in [0, 0.05) is 19.0 Å². The van der Waals surface area contributed by atoms with Gasteiger partial charge in [-0.1, -0.05) is 78.9 Å². The first-order valence-electron chi connectivity index (χ1n) is 14.1. The van der Waals surface area contributed by atoms with Crippen LogP contribution in [0, 0.1) is 0 Å². The molecule has 0 saturated heterocycles. The van der Waals surface area contributed by atoms with Crippen LogP contribution in [0.25, 0.3) is 0 Å². The van der Waals surface area contributed by atoms with E-state index in [1.807, 2.05) is 105 Å². The van der Waals surface area contributed by atoms with E-state index >= 15 is 0 Å². The minimum Gasteiger partial charge on any atom is -0.457 e. The molecule has 2 amide bonds. The van der Waals surface area contributed by atoms with E-state index in [1.165, 1.54) is 4.90 Å². The minimum absolute atomic E-state index is 0.129. The lowest BCUT2D eigenvalue weighted by molar-refractivity contribution is -0.140. The Morgan fingerprint density at radius 1 is 0.744 bits per heavy atom. The van der Waals surface area contributed by atoms with Gasteiger partial charge >= 0.3 is 0 Å². The van der Waals surface area contributed by atoms with E-state index < -0.39 is 28.5 Å². The molecule has 0 aromatic heterocycles. The summed E-state index contributed by atoms with van der Waals surface area (Å²) in [6.45, 7) is 3.36. The van der Waals surface area contributed by atoms with Crippen LogP contribution in [0.15, 0.2) is 115 Å².